The van der Waals surface area contributed by atoms with Gasteiger partial charge in [0.15, 0.2) is 4.47 Å². The molecule has 3 rings (SSSR count). The zero-order valence-electron chi connectivity index (χ0n) is 9.80. The molecule has 19 heavy (non-hydrogen) atoms. The predicted molar refractivity (Wildman–Crippen MR) is 74.3 cm³/mol. The highest BCUT2D eigenvalue weighted by Crippen LogP contribution is 2.31. The highest BCUT2D eigenvalue weighted by molar-refractivity contribution is 7.22. The molecule has 1 aliphatic rings. The topological polar surface area (TPSA) is 76.3 Å². The number of hydrogen-bond acceptors (Lipinski definition) is 4. The van der Waals surface area contributed by atoms with E-state index in [1.807, 2.05) is 12.1 Å². The number of hydrogen-bond donors (Lipinski definition) is 1. The predicted octanol–water partition coefficient (Wildman–Crippen LogP) is 1.79. The lowest BCUT2D eigenvalue weighted by Crippen LogP contribution is -2.28. The van der Waals surface area contributed by atoms with Gasteiger partial charge in [-0.05, 0) is 18.2 Å². The Morgan fingerprint density at radius 3 is 3.00 bits per heavy atom. The molecule has 1 fully saturated rings. The summed E-state index contributed by atoms with van der Waals surface area (Å²) in [6, 6.07) is 5.51. The molecule has 0 bridgehead atoms. The molecule has 2 aromatic rings. The van der Waals surface area contributed by atoms with Crippen LogP contribution in [0.25, 0.3) is 10.2 Å². The summed E-state index contributed by atoms with van der Waals surface area (Å²) in [7, 11) is 0. The minimum Gasteiger partial charge on any atom is -0.369 e. The smallest absolute Gasteiger partial charge is 0.227 e. The van der Waals surface area contributed by atoms with E-state index in [4.69, 9.17) is 17.3 Å². The Hall–Kier alpha value is -1.66. The number of halogens is 1. The lowest BCUT2D eigenvalue weighted by molar-refractivity contribution is -0.123. The Morgan fingerprint density at radius 1 is 1.53 bits per heavy atom. The van der Waals surface area contributed by atoms with Crippen LogP contribution in [0.15, 0.2) is 18.2 Å². The number of thiazole rings is 1. The molecule has 1 saturated heterocycles. The molecule has 2 N–H and O–H groups in total. The Bertz CT molecular complexity index is 685. The van der Waals surface area contributed by atoms with Gasteiger partial charge in [0.25, 0.3) is 0 Å². The van der Waals surface area contributed by atoms with Crippen molar-refractivity contribution >= 4 is 50.7 Å². The number of carbonyl (C=O) groups excluding carboxylic acids is 2. The van der Waals surface area contributed by atoms with Gasteiger partial charge in [0.2, 0.25) is 11.8 Å². The molecule has 0 saturated carbocycles. The van der Waals surface area contributed by atoms with Gasteiger partial charge in [-0.15, -0.1) is 11.3 Å². The number of aromatic nitrogens is 1. The molecule has 2 heterocycles. The van der Waals surface area contributed by atoms with E-state index in [2.05, 4.69) is 4.98 Å². The number of rotatable bonds is 2. The molecule has 0 spiro atoms. The van der Waals surface area contributed by atoms with Crippen LogP contribution in [0.3, 0.4) is 0 Å². The first-order valence-electron chi connectivity index (χ1n) is 5.70. The van der Waals surface area contributed by atoms with Gasteiger partial charge in [-0.1, -0.05) is 11.6 Å². The van der Waals surface area contributed by atoms with Crippen LogP contribution in [0.1, 0.15) is 6.42 Å². The van der Waals surface area contributed by atoms with Crippen LogP contribution in [-0.4, -0.2) is 23.3 Å². The number of amides is 2. The molecule has 1 aliphatic heterocycles. The fourth-order valence-corrected chi connectivity index (χ4v) is 3.21. The molecule has 0 aliphatic carbocycles. The molecule has 2 amide bonds. The first kappa shape index (κ1) is 12.4. The summed E-state index contributed by atoms with van der Waals surface area (Å²) < 4.78 is 1.43. The summed E-state index contributed by atoms with van der Waals surface area (Å²) in [5.41, 5.74) is 6.73. The second kappa shape index (κ2) is 4.47. The third-order valence-corrected chi connectivity index (χ3v) is 4.32. The van der Waals surface area contributed by atoms with Crippen molar-refractivity contribution in [2.45, 2.75) is 6.42 Å². The van der Waals surface area contributed by atoms with Crippen LogP contribution in [0.2, 0.25) is 4.47 Å². The fourth-order valence-electron chi connectivity index (χ4n) is 2.20. The van der Waals surface area contributed by atoms with Crippen molar-refractivity contribution in [3.8, 4) is 0 Å². The standard InChI is InChI=1S/C12H10ClN3O2S/c13-12-15-8-4-7(1-2-9(8)19-12)16-5-6(11(14)18)3-10(16)17/h1-2,4,6H,3,5H2,(H2,14,18). The van der Waals surface area contributed by atoms with Crippen molar-refractivity contribution in [3.05, 3.63) is 22.7 Å². The maximum absolute atomic E-state index is 11.9. The average molecular weight is 296 g/mol. The van der Waals surface area contributed by atoms with Crippen molar-refractivity contribution < 1.29 is 9.59 Å². The van der Waals surface area contributed by atoms with Gasteiger partial charge in [0.1, 0.15) is 0 Å². The average Bonchev–Trinajstić information content (AvgIpc) is 2.90. The lowest BCUT2D eigenvalue weighted by Gasteiger charge is -2.15. The van der Waals surface area contributed by atoms with E-state index < -0.39 is 11.8 Å². The van der Waals surface area contributed by atoms with Gasteiger partial charge in [-0.2, -0.15) is 0 Å². The molecule has 5 nitrogen and oxygen atoms in total. The Kier molecular flexibility index (Phi) is 2.91. The maximum atomic E-state index is 11.9. The second-order valence-electron chi connectivity index (χ2n) is 4.43. The monoisotopic (exact) mass is 295 g/mol. The fraction of sp³-hybridized carbons (Fsp3) is 0.250. The SMILES string of the molecule is NC(=O)C1CC(=O)N(c2ccc3sc(Cl)nc3c2)C1. The summed E-state index contributed by atoms with van der Waals surface area (Å²) >= 11 is 7.24. The van der Waals surface area contributed by atoms with Gasteiger partial charge >= 0.3 is 0 Å². The second-order valence-corrected chi connectivity index (χ2v) is 6.04. The molecular weight excluding hydrogens is 286 g/mol. The zero-order valence-corrected chi connectivity index (χ0v) is 11.4. The normalized spacial score (nSPS) is 19.3. The van der Waals surface area contributed by atoms with Crippen LogP contribution in [0.4, 0.5) is 5.69 Å². The lowest BCUT2D eigenvalue weighted by atomic mass is 10.1. The van der Waals surface area contributed by atoms with Crippen LogP contribution in [-0.2, 0) is 9.59 Å². The number of fused-ring (bicyclic) bond motifs is 1. The van der Waals surface area contributed by atoms with Crippen LogP contribution in [0.5, 0.6) is 0 Å². The molecule has 98 valence electrons. The minimum atomic E-state index is -0.436. The van der Waals surface area contributed by atoms with Crippen molar-refractivity contribution in [2.75, 3.05) is 11.4 Å². The Balaban J connectivity index is 1.95. The summed E-state index contributed by atoms with van der Waals surface area (Å²) in [6.07, 6.45) is 0.172. The van der Waals surface area contributed by atoms with Crippen LogP contribution >= 0.6 is 22.9 Å². The van der Waals surface area contributed by atoms with E-state index in [0.29, 0.717) is 11.0 Å². The summed E-state index contributed by atoms with van der Waals surface area (Å²) in [5, 5.41) is 0. The summed E-state index contributed by atoms with van der Waals surface area (Å²) in [5.74, 6) is -0.944. The number of anilines is 1. The molecule has 1 aromatic carbocycles. The number of nitrogens with zero attached hydrogens (tertiary/aromatic N) is 2. The molecule has 0 radical (unpaired) electrons. The van der Waals surface area contributed by atoms with E-state index in [0.717, 1.165) is 15.9 Å². The highest BCUT2D eigenvalue weighted by Gasteiger charge is 2.34. The van der Waals surface area contributed by atoms with Gasteiger partial charge in [0, 0.05) is 18.7 Å². The Morgan fingerprint density at radius 2 is 2.32 bits per heavy atom. The molecule has 7 heteroatoms. The maximum Gasteiger partial charge on any atom is 0.227 e. The first-order valence-corrected chi connectivity index (χ1v) is 6.90. The molecule has 1 unspecified atom stereocenters. The third kappa shape index (κ3) is 2.17. The van der Waals surface area contributed by atoms with Crippen molar-refractivity contribution in [1.29, 1.82) is 0 Å². The largest absolute Gasteiger partial charge is 0.369 e. The molecule has 1 aromatic heterocycles. The third-order valence-electron chi connectivity index (χ3n) is 3.18. The Labute approximate surface area is 118 Å². The van der Waals surface area contributed by atoms with Gasteiger partial charge in [-0.25, -0.2) is 4.98 Å². The highest BCUT2D eigenvalue weighted by atomic mass is 35.5. The zero-order chi connectivity index (χ0) is 13.6. The number of primary amides is 1. The van der Waals surface area contributed by atoms with E-state index in [9.17, 15) is 9.59 Å². The van der Waals surface area contributed by atoms with Crippen molar-refractivity contribution in [3.63, 3.8) is 0 Å². The van der Waals surface area contributed by atoms with Crippen LogP contribution < -0.4 is 10.6 Å². The number of nitrogens with two attached hydrogens (primary N) is 1. The summed E-state index contributed by atoms with van der Waals surface area (Å²) in [6.45, 7) is 0.331. The molecule has 1 atom stereocenters. The van der Waals surface area contributed by atoms with E-state index >= 15 is 0 Å². The van der Waals surface area contributed by atoms with E-state index in [1.165, 1.54) is 11.3 Å². The minimum absolute atomic E-state index is 0.0931. The van der Waals surface area contributed by atoms with Crippen molar-refractivity contribution in [2.24, 2.45) is 11.7 Å². The summed E-state index contributed by atoms with van der Waals surface area (Å²) in [4.78, 5) is 28.8. The quantitative estimate of drug-likeness (QED) is 0.917. The van der Waals surface area contributed by atoms with E-state index in [-0.39, 0.29) is 12.3 Å². The van der Waals surface area contributed by atoms with Gasteiger partial charge in [0.05, 0.1) is 16.1 Å². The molecular formula is C12H10ClN3O2S. The van der Waals surface area contributed by atoms with E-state index in [1.54, 1.807) is 11.0 Å². The van der Waals surface area contributed by atoms with Gasteiger partial charge < -0.3 is 10.6 Å². The first-order chi connectivity index (χ1) is 9.04. The number of carbonyl (C=O) groups is 2. The number of benzene rings is 1. The van der Waals surface area contributed by atoms with Crippen LogP contribution in [0, 0.1) is 5.92 Å². The van der Waals surface area contributed by atoms with Crippen molar-refractivity contribution in [1.82, 2.24) is 4.98 Å². The van der Waals surface area contributed by atoms with Gasteiger partial charge in [-0.3, -0.25) is 9.59 Å².